The smallest absolute Gasteiger partial charge is 0.225 e. The van der Waals surface area contributed by atoms with Gasteiger partial charge in [0.15, 0.2) is 0 Å². The number of H-pyrrole nitrogens is 1. The van der Waals surface area contributed by atoms with Gasteiger partial charge in [0, 0.05) is 23.6 Å². The van der Waals surface area contributed by atoms with E-state index in [2.05, 4.69) is 20.2 Å². The number of nitrogens with zero attached hydrogens (tertiary/aromatic N) is 2. The number of benzene rings is 2. The molecule has 4 rings (SSSR count). The van der Waals surface area contributed by atoms with E-state index in [9.17, 15) is 4.79 Å². The van der Waals surface area contributed by atoms with Crippen LogP contribution in [0.3, 0.4) is 0 Å². The zero-order valence-electron chi connectivity index (χ0n) is 14.5. The molecule has 134 valence electrons. The number of hydrogen-bond donors (Lipinski definition) is 2. The monoisotopic (exact) mass is 368 g/mol. The third-order valence-corrected chi connectivity index (χ3v) is 4.99. The van der Waals surface area contributed by atoms with Crippen molar-refractivity contribution >= 4 is 34.2 Å². The summed E-state index contributed by atoms with van der Waals surface area (Å²) in [5, 5.41) is 3.63. The van der Waals surface area contributed by atoms with Crippen molar-refractivity contribution in [3.63, 3.8) is 0 Å². The van der Waals surface area contributed by atoms with Crippen LogP contribution in [0.25, 0.3) is 22.4 Å². The van der Waals surface area contributed by atoms with Gasteiger partial charge < -0.3 is 15.2 Å². The number of halogens is 1. The lowest BCUT2D eigenvalue weighted by atomic mass is 10.1. The highest BCUT2D eigenvalue weighted by Crippen LogP contribution is 2.30. The van der Waals surface area contributed by atoms with Gasteiger partial charge in [-0.2, -0.15) is 0 Å². The van der Waals surface area contributed by atoms with Gasteiger partial charge in [-0.1, -0.05) is 23.7 Å². The summed E-state index contributed by atoms with van der Waals surface area (Å²) in [4.78, 5) is 22.7. The fraction of sp³-hybridized carbons (Fsp3) is 0.300. The van der Waals surface area contributed by atoms with Crippen molar-refractivity contribution in [3.05, 3.63) is 47.5 Å². The van der Waals surface area contributed by atoms with E-state index in [1.165, 1.54) is 12.8 Å². The predicted octanol–water partition coefficient (Wildman–Crippen LogP) is 4.31. The van der Waals surface area contributed by atoms with E-state index in [4.69, 9.17) is 11.6 Å². The van der Waals surface area contributed by atoms with Crippen LogP contribution in [-0.2, 0) is 4.79 Å². The van der Waals surface area contributed by atoms with Crippen molar-refractivity contribution < 1.29 is 4.79 Å². The van der Waals surface area contributed by atoms with Crippen LogP contribution in [0.15, 0.2) is 42.5 Å². The average Bonchev–Trinajstić information content (AvgIpc) is 3.30. The SMILES string of the molecule is O=C(CCN1CCCC1)Nc1ccc(Cl)cc1-c1nc2ccccc2[nH]1. The van der Waals surface area contributed by atoms with Gasteiger partial charge in [0.2, 0.25) is 5.91 Å². The number of amides is 1. The van der Waals surface area contributed by atoms with Gasteiger partial charge in [-0.25, -0.2) is 4.98 Å². The van der Waals surface area contributed by atoms with Gasteiger partial charge in [0.25, 0.3) is 0 Å². The van der Waals surface area contributed by atoms with E-state index in [0.29, 0.717) is 17.3 Å². The number of aromatic nitrogens is 2. The zero-order chi connectivity index (χ0) is 17.9. The summed E-state index contributed by atoms with van der Waals surface area (Å²) in [7, 11) is 0. The van der Waals surface area contributed by atoms with E-state index in [1.807, 2.05) is 36.4 Å². The first-order chi connectivity index (χ1) is 12.7. The number of imidazole rings is 1. The molecule has 2 N–H and O–H groups in total. The normalized spacial score (nSPS) is 14.8. The first-order valence-electron chi connectivity index (χ1n) is 8.96. The Morgan fingerprint density at radius 1 is 1.19 bits per heavy atom. The van der Waals surface area contributed by atoms with Crippen molar-refractivity contribution in [1.82, 2.24) is 14.9 Å². The Kier molecular flexibility index (Phi) is 4.91. The number of carbonyl (C=O) groups is 1. The van der Waals surface area contributed by atoms with Gasteiger partial charge >= 0.3 is 0 Å². The van der Waals surface area contributed by atoms with Gasteiger partial charge in [-0.05, 0) is 56.3 Å². The minimum atomic E-state index is 0.0107. The minimum Gasteiger partial charge on any atom is -0.338 e. The lowest BCUT2D eigenvalue weighted by molar-refractivity contribution is -0.116. The fourth-order valence-corrected chi connectivity index (χ4v) is 3.55. The number of fused-ring (bicyclic) bond motifs is 1. The standard InChI is InChI=1S/C20H21ClN4O/c21-14-7-8-16(22-19(26)9-12-25-10-3-4-11-25)15(13-14)20-23-17-5-1-2-6-18(17)24-20/h1-2,5-8,13H,3-4,9-12H2,(H,22,26)(H,23,24). The summed E-state index contributed by atoms with van der Waals surface area (Å²) in [5.41, 5.74) is 3.35. The second-order valence-electron chi connectivity index (χ2n) is 6.64. The lowest BCUT2D eigenvalue weighted by Gasteiger charge is -2.15. The Morgan fingerprint density at radius 2 is 2.00 bits per heavy atom. The van der Waals surface area contributed by atoms with Gasteiger partial charge in [0.1, 0.15) is 5.82 Å². The van der Waals surface area contributed by atoms with Crippen LogP contribution in [-0.4, -0.2) is 40.4 Å². The Morgan fingerprint density at radius 3 is 2.81 bits per heavy atom. The maximum absolute atomic E-state index is 12.4. The molecule has 2 heterocycles. The number of likely N-dealkylation sites (tertiary alicyclic amines) is 1. The van der Waals surface area contributed by atoms with E-state index in [0.717, 1.165) is 41.9 Å². The largest absolute Gasteiger partial charge is 0.338 e. The fourth-order valence-electron chi connectivity index (χ4n) is 3.38. The zero-order valence-corrected chi connectivity index (χ0v) is 15.2. The van der Waals surface area contributed by atoms with Crippen LogP contribution in [0, 0.1) is 0 Å². The number of carbonyl (C=O) groups excluding carboxylic acids is 1. The van der Waals surface area contributed by atoms with Crippen LogP contribution < -0.4 is 5.32 Å². The summed E-state index contributed by atoms with van der Waals surface area (Å²) >= 11 is 6.19. The molecule has 2 aromatic carbocycles. The maximum atomic E-state index is 12.4. The molecule has 1 saturated heterocycles. The quantitative estimate of drug-likeness (QED) is 0.705. The molecule has 0 bridgehead atoms. The van der Waals surface area contributed by atoms with Gasteiger partial charge in [-0.3, -0.25) is 4.79 Å². The molecule has 0 saturated carbocycles. The van der Waals surface area contributed by atoms with Crippen LogP contribution in [0.1, 0.15) is 19.3 Å². The van der Waals surface area contributed by atoms with Crippen molar-refractivity contribution in [2.24, 2.45) is 0 Å². The van der Waals surface area contributed by atoms with Crippen molar-refractivity contribution in [2.45, 2.75) is 19.3 Å². The average molecular weight is 369 g/mol. The first-order valence-corrected chi connectivity index (χ1v) is 9.34. The first kappa shape index (κ1) is 17.1. The molecule has 26 heavy (non-hydrogen) atoms. The van der Waals surface area contributed by atoms with E-state index < -0.39 is 0 Å². The molecule has 1 amide bonds. The molecule has 1 fully saturated rings. The van der Waals surface area contributed by atoms with Crippen LogP contribution in [0.4, 0.5) is 5.69 Å². The van der Waals surface area contributed by atoms with Crippen LogP contribution in [0.2, 0.25) is 5.02 Å². The lowest BCUT2D eigenvalue weighted by Crippen LogP contribution is -2.25. The number of nitrogens with one attached hydrogen (secondary N) is 2. The molecule has 1 aromatic heterocycles. The Hall–Kier alpha value is -2.37. The molecule has 0 unspecified atom stereocenters. The van der Waals surface area contributed by atoms with Crippen LogP contribution >= 0.6 is 11.6 Å². The minimum absolute atomic E-state index is 0.0107. The van der Waals surface area contributed by atoms with E-state index in [1.54, 1.807) is 6.07 Å². The Balaban J connectivity index is 1.55. The highest BCUT2D eigenvalue weighted by Gasteiger charge is 2.15. The molecule has 0 spiro atoms. The van der Waals surface area contributed by atoms with Crippen molar-refractivity contribution in [1.29, 1.82) is 0 Å². The second kappa shape index (κ2) is 7.48. The van der Waals surface area contributed by atoms with Gasteiger partial charge in [0.05, 0.1) is 16.7 Å². The Bertz CT molecular complexity index is 897. The summed E-state index contributed by atoms with van der Waals surface area (Å²) in [5.74, 6) is 0.708. The summed E-state index contributed by atoms with van der Waals surface area (Å²) in [6, 6.07) is 13.3. The Labute approximate surface area is 157 Å². The number of anilines is 1. The molecular formula is C20H21ClN4O. The van der Waals surface area contributed by atoms with Gasteiger partial charge in [-0.15, -0.1) is 0 Å². The molecule has 6 heteroatoms. The summed E-state index contributed by atoms with van der Waals surface area (Å²) < 4.78 is 0. The van der Waals surface area contributed by atoms with Crippen LogP contribution in [0.5, 0.6) is 0 Å². The third kappa shape index (κ3) is 3.74. The highest BCUT2D eigenvalue weighted by atomic mass is 35.5. The third-order valence-electron chi connectivity index (χ3n) is 4.75. The highest BCUT2D eigenvalue weighted by molar-refractivity contribution is 6.31. The van der Waals surface area contributed by atoms with Crippen molar-refractivity contribution in [3.8, 4) is 11.4 Å². The predicted molar refractivity (Wildman–Crippen MR) is 105 cm³/mol. The van der Waals surface area contributed by atoms with Crippen molar-refractivity contribution in [2.75, 3.05) is 25.0 Å². The second-order valence-corrected chi connectivity index (χ2v) is 7.08. The maximum Gasteiger partial charge on any atom is 0.225 e. The molecule has 5 nitrogen and oxygen atoms in total. The molecule has 0 radical (unpaired) electrons. The van der Waals surface area contributed by atoms with E-state index in [-0.39, 0.29) is 5.91 Å². The summed E-state index contributed by atoms with van der Waals surface area (Å²) in [6.45, 7) is 3.00. The molecule has 1 aliphatic heterocycles. The number of aromatic amines is 1. The molecule has 0 atom stereocenters. The van der Waals surface area contributed by atoms with E-state index >= 15 is 0 Å². The molecule has 0 aliphatic carbocycles. The molecular weight excluding hydrogens is 348 g/mol. The summed E-state index contributed by atoms with van der Waals surface area (Å²) in [6.07, 6.45) is 2.95. The number of hydrogen-bond acceptors (Lipinski definition) is 3. The number of rotatable bonds is 5. The molecule has 1 aliphatic rings. The molecule has 3 aromatic rings. The number of para-hydroxylation sites is 2. The topological polar surface area (TPSA) is 61.0 Å².